The summed E-state index contributed by atoms with van der Waals surface area (Å²) in [5.74, 6) is -1.55. The first-order valence-corrected chi connectivity index (χ1v) is 14.4. The highest BCUT2D eigenvalue weighted by atomic mass is 19.4. The second kappa shape index (κ2) is 14.0. The number of rotatable bonds is 9. The summed E-state index contributed by atoms with van der Waals surface area (Å²) in [6.45, 7) is 7.13. The average Bonchev–Trinajstić information content (AvgIpc) is 3.54. The van der Waals surface area contributed by atoms with Crippen molar-refractivity contribution in [1.82, 2.24) is 40.3 Å². The Morgan fingerprint density at radius 1 is 1.02 bits per heavy atom. The molecule has 4 heterocycles. The number of nitrogens with zero attached hydrogens (tertiary/aromatic N) is 9. The molecule has 0 atom stereocenters. The molecule has 45 heavy (non-hydrogen) atoms. The molecule has 2 N–H and O–H groups in total. The molecule has 3 aromatic rings. The molecule has 2 amide bonds. The number of likely N-dealkylation sites (N-methyl/N-ethyl adjacent to an activating group) is 1. The molecule has 0 bridgehead atoms. The lowest BCUT2D eigenvalue weighted by Crippen LogP contribution is -2.44. The number of ether oxygens (including phenoxy) is 1. The van der Waals surface area contributed by atoms with E-state index in [9.17, 15) is 22.8 Å². The Labute approximate surface area is 256 Å². The number of carbonyl (C=O) groups excluding carboxylic acids is 2. The number of aromatic nitrogens is 5. The van der Waals surface area contributed by atoms with Crippen molar-refractivity contribution in [3.8, 4) is 11.8 Å². The van der Waals surface area contributed by atoms with Gasteiger partial charge in [0.1, 0.15) is 6.07 Å². The predicted octanol–water partition coefficient (Wildman–Crippen LogP) is 1.40. The fourth-order valence-corrected chi connectivity index (χ4v) is 5.02. The van der Waals surface area contributed by atoms with Crippen LogP contribution in [0.3, 0.4) is 0 Å². The van der Waals surface area contributed by atoms with E-state index in [2.05, 4.69) is 40.9 Å². The smallest absolute Gasteiger partial charge is 0.379 e. The number of nitriles is 1. The summed E-state index contributed by atoms with van der Waals surface area (Å²) < 4.78 is 48.0. The number of carbonyl (C=O) groups is 2. The summed E-state index contributed by atoms with van der Waals surface area (Å²) >= 11 is 0. The number of hydrogen-bond donors (Lipinski definition) is 2. The quantitative estimate of drug-likeness (QED) is 0.331. The first-order valence-electron chi connectivity index (χ1n) is 14.4. The van der Waals surface area contributed by atoms with E-state index in [0.717, 1.165) is 39.1 Å². The van der Waals surface area contributed by atoms with E-state index in [-0.39, 0.29) is 11.4 Å². The zero-order chi connectivity index (χ0) is 32.0. The second-order valence-electron chi connectivity index (χ2n) is 10.7. The number of nitrogens with one attached hydrogen (secondary N) is 2. The van der Waals surface area contributed by atoms with Crippen molar-refractivity contribution in [3.05, 3.63) is 53.1 Å². The lowest BCUT2D eigenvalue weighted by atomic mass is 10.1. The van der Waals surface area contributed by atoms with E-state index in [1.54, 1.807) is 12.1 Å². The minimum absolute atomic E-state index is 0.0813. The van der Waals surface area contributed by atoms with Crippen LogP contribution in [0.1, 0.15) is 38.7 Å². The standard InChI is InChI=1S/C28H32F3N11O3/c1-39-7-9-41(10-8-39)24-4-3-20(16-22(24)34-27(44)25-21(28(29,30)31)15-19(17-32)35-37-25)42-18-23(36-38-42)26(43)33-5-2-6-40-11-13-45-14-12-40/h3-4,15-16,18H,2,5-14H2,1H3,(H,33,43)(H,34,44). The van der Waals surface area contributed by atoms with E-state index in [0.29, 0.717) is 50.3 Å². The number of anilines is 2. The van der Waals surface area contributed by atoms with Gasteiger partial charge < -0.3 is 25.2 Å². The van der Waals surface area contributed by atoms with Gasteiger partial charge in [-0.2, -0.15) is 18.4 Å². The molecule has 2 saturated heterocycles. The maximum Gasteiger partial charge on any atom is 0.418 e. The van der Waals surface area contributed by atoms with Crippen LogP contribution in [0.2, 0.25) is 0 Å². The number of alkyl halides is 3. The molecule has 5 rings (SSSR count). The highest BCUT2D eigenvalue weighted by Gasteiger charge is 2.37. The molecule has 2 aliphatic rings. The summed E-state index contributed by atoms with van der Waals surface area (Å²) in [5.41, 5.74) is -1.64. The van der Waals surface area contributed by atoms with Crippen LogP contribution in [0.15, 0.2) is 30.5 Å². The highest BCUT2D eigenvalue weighted by Crippen LogP contribution is 2.33. The van der Waals surface area contributed by atoms with E-state index < -0.39 is 34.9 Å². The fourth-order valence-electron chi connectivity index (χ4n) is 5.02. The Hall–Kier alpha value is -4.66. The van der Waals surface area contributed by atoms with Gasteiger partial charge in [-0.15, -0.1) is 15.3 Å². The van der Waals surface area contributed by atoms with Gasteiger partial charge >= 0.3 is 6.18 Å². The van der Waals surface area contributed by atoms with Crippen LogP contribution in [-0.2, 0) is 10.9 Å². The van der Waals surface area contributed by atoms with Gasteiger partial charge in [0.15, 0.2) is 17.1 Å². The van der Waals surface area contributed by atoms with Crippen molar-refractivity contribution in [2.45, 2.75) is 12.6 Å². The Morgan fingerprint density at radius 2 is 1.78 bits per heavy atom. The van der Waals surface area contributed by atoms with Crippen molar-refractivity contribution < 1.29 is 27.5 Å². The number of benzene rings is 1. The van der Waals surface area contributed by atoms with Crippen LogP contribution < -0.4 is 15.5 Å². The van der Waals surface area contributed by atoms with Crippen LogP contribution >= 0.6 is 0 Å². The lowest BCUT2D eigenvalue weighted by Gasteiger charge is -2.35. The van der Waals surface area contributed by atoms with Crippen LogP contribution in [0.4, 0.5) is 24.5 Å². The van der Waals surface area contributed by atoms with Crippen molar-refractivity contribution in [2.24, 2.45) is 0 Å². The largest absolute Gasteiger partial charge is 0.418 e. The molecule has 14 nitrogen and oxygen atoms in total. The lowest BCUT2D eigenvalue weighted by molar-refractivity contribution is -0.138. The third kappa shape index (κ3) is 7.90. The molecule has 17 heteroatoms. The predicted molar refractivity (Wildman–Crippen MR) is 155 cm³/mol. The summed E-state index contributed by atoms with van der Waals surface area (Å²) in [4.78, 5) is 32.3. The molecule has 2 aromatic heterocycles. The fraction of sp³-hybridized carbons (Fsp3) is 0.464. The van der Waals surface area contributed by atoms with Gasteiger partial charge in [-0.1, -0.05) is 5.21 Å². The number of piperazine rings is 1. The van der Waals surface area contributed by atoms with Gasteiger partial charge in [0.2, 0.25) is 0 Å². The average molecular weight is 628 g/mol. The van der Waals surface area contributed by atoms with Crippen LogP contribution in [0.5, 0.6) is 0 Å². The summed E-state index contributed by atoms with van der Waals surface area (Å²) in [7, 11) is 1.98. The maximum absolute atomic E-state index is 13.8. The van der Waals surface area contributed by atoms with Crippen LogP contribution in [-0.4, -0.2) is 119 Å². The van der Waals surface area contributed by atoms with Crippen LogP contribution in [0.25, 0.3) is 5.69 Å². The van der Waals surface area contributed by atoms with Crippen molar-refractivity contribution in [1.29, 1.82) is 5.26 Å². The SMILES string of the molecule is CN1CCN(c2ccc(-n3cc(C(=O)NCCCN4CCOCC4)nn3)cc2NC(=O)c2nnc(C#N)cc2C(F)(F)F)CC1. The number of hydrogen-bond acceptors (Lipinski definition) is 11. The van der Waals surface area contributed by atoms with Gasteiger partial charge in [0, 0.05) is 45.8 Å². The molecule has 1 aromatic carbocycles. The van der Waals surface area contributed by atoms with Crippen LogP contribution in [0, 0.1) is 11.3 Å². The second-order valence-corrected chi connectivity index (χ2v) is 10.7. The molecule has 0 radical (unpaired) electrons. The number of amides is 2. The number of morpholine rings is 1. The topological polar surface area (TPSA) is 157 Å². The summed E-state index contributed by atoms with van der Waals surface area (Å²) in [6, 6.07) is 6.97. The molecule has 0 spiro atoms. The summed E-state index contributed by atoms with van der Waals surface area (Å²) in [6.07, 6.45) is -2.76. The maximum atomic E-state index is 13.8. The van der Waals surface area contributed by atoms with Gasteiger partial charge in [-0.25, -0.2) is 4.68 Å². The molecule has 0 unspecified atom stereocenters. The minimum Gasteiger partial charge on any atom is -0.379 e. The molecule has 2 aliphatic heterocycles. The molecule has 0 saturated carbocycles. The molecule has 238 valence electrons. The zero-order valence-electron chi connectivity index (χ0n) is 24.5. The van der Waals surface area contributed by atoms with Crippen molar-refractivity contribution >= 4 is 23.2 Å². The third-order valence-corrected chi connectivity index (χ3v) is 7.53. The molecule has 0 aliphatic carbocycles. The Bertz CT molecular complexity index is 1560. The monoisotopic (exact) mass is 627 g/mol. The number of halogens is 3. The first kappa shape index (κ1) is 31.8. The van der Waals surface area contributed by atoms with Gasteiger partial charge in [0.05, 0.1) is 42.0 Å². The first-order chi connectivity index (χ1) is 21.6. The van der Waals surface area contributed by atoms with Gasteiger partial charge in [-0.05, 0) is 44.3 Å². The Morgan fingerprint density at radius 3 is 2.49 bits per heavy atom. The van der Waals surface area contributed by atoms with Crippen molar-refractivity contribution in [3.63, 3.8) is 0 Å². The molecular weight excluding hydrogens is 595 g/mol. The Kier molecular flexibility index (Phi) is 9.86. The minimum atomic E-state index is -4.95. The zero-order valence-corrected chi connectivity index (χ0v) is 24.5. The normalized spacial score (nSPS) is 16.3. The third-order valence-electron chi connectivity index (χ3n) is 7.53. The highest BCUT2D eigenvalue weighted by molar-refractivity contribution is 6.06. The summed E-state index contributed by atoms with van der Waals surface area (Å²) in [5, 5.41) is 29.3. The van der Waals surface area contributed by atoms with E-state index in [1.807, 2.05) is 11.9 Å². The molecule has 2 fully saturated rings. The van der Waals surface area contributed by atoms with E-state index in [4.69, 9.17) is 10.00 Å². The molecular formula is C28H32F3N11O3. The van der Waals surface area contributed by atoms with Crippen molar-refractivity contribution in [2.75, 3.05) is 82.8 Å². The Balaban J connectivity index is 1.35. The van der Waals surface area contributed by atoms with E-state index in [1.165, 1.54) is 23.0 Å². The van der Waals surface area contributed by atoms with Gasteiger partial charge in [-0.3, -0.25) is 14.5 Å². The van der Waals surface area contributed by atoms with E-state index >= 15 is 0 Å². The van der Waals surface area contributed by atoms with Gasteiger partial charge in [0.25, 0.3) is 11.8 Å².